The Morgan fingerprint density at radius 3 is 2.40 bits per heavy atom. The normalized spacial score (nSPS) is 12.4. The molecule has 0 aromatic heterocycles. The van der Waals surface area contributed by atoms with E-state index in [1.165, 1.54) is 11.1 Å². The standard InChI is InChI=1S/C17H19Cl2N/c1-3-12-7-5-6-8-14(12)17(20-4-2)15-10-9-13(18)11-16(15)19/h5-11,17,20H,3-4H2,1-2H3. The Labute approximate surface area is 130 Å². The molecule has 0 saturated heterocycles. The maximum absolute atomic E-state index is 6.38. The van der Waals surface area contributed by atoms with Gasteiger partial charge in [0.15, 0.2) is 0 Å². The van der Waals surface area contributed by atoms with Crippen molar-refractivity contribution in [2.75, 3.05) is 6.54 Å². The molecule has 0 aliphatic rings. The summed E-state index contributed by atoms with van der Waals surface area (Å²) in [7, 11) is 0. The first-order chi connectivity index (χ1) is 9.67. The second-order valence-corrected chi connectivity index (χ2v) is 5.55. The number of halogens is 2. The molecular weight excluding hydrogens is 289 g/mol. The van der Waals surface area contributed by atoms with Crippen molar-refractivity contribution in [2.24, 2.45) is 0 Å². The van der Waals surface area contributed by atoms with E-state index in [9.17, 15) is 0 Å². The molecule has 1 nitrogen and oxygen atoms in total. The molecule has 1 unspecified atom stereocenters. The van der Waals surface area contributed by atoms with Crippen LogP contribution in [0.3, 0.4) is 0 Å². The maximum atomic E-state index is 6.38. The Bertz CT molecular complexity index is 581. The van der Waals surface area contributed by atoms with E-state index in [0.717, 1.165) is 18.5 Å². The van der Waals surface area contributed by atoms with Crippen LogP contribution in [0.1, 0.15) is 36.6 Å². The highest BCUT2D eigenvalue weighted by Crippen LogP contribution is 2.32. The fourth-order valence-electron chi connectivity index (χ4n) is 2.46. The van der Waals surface area contributed by atoms with Crippen LogP contribution in [-0.2, 0) is 6.42 Å². The lowest BCUT2D eigenvalue weighted by molar-refractivity contribution is 0.626. The van der Waals surface area contributed by atoms with Gasteiger partial charge in [-0.15, -0.1) is 0 Å². The smallest absolute Gasteiger partial charge is 0.0594 e. The Kier molecular flexibility index (Phi) is 5.47. The van der Waals surface area contributed by atoms with E-state index >= 15 is 0 Å². The lowest BCUT2D eigenvalue weighted by Gasteiger charge is -2.22. The summed E-state index contributed by atoms with van der Waals surface area (Å²) in [6, 6.07) is 14.3. The van der Waals surface area contributed by atoms with Gasteiger partial charge < -0.3 is 5.32 Å². The summed E-state index contributed by atoms with van der Waals surface area (Å²) < 4.78 is 0. The second-order valence-electron chi connectivity index (χ2n) is 4.71. The minimum absolute atomic E-state index is 0.0981. The molecule has 0 saturated carbocycles. The number of nitrogens with one attached hydrogen (secondary N) is 1. The number of hydrogen-bond donors (Lipinski definition) is 1. The summed E-state index contributed by atoms with van der Waals surface area (Å²) in [6.07, 6.45) is 1.00. The monoisotopic (exact) mass is 307 g/mol. The maximum Gasteiger partial charge on any atom is 0.0594 e. The van der Waals surface area contributed by atoms with E-state index in [0.29, 0.717) is 10.0 Å². The van der Waals surface area contributed by atoms with E-state index < -0.39 is 0 Å². The summed E-state index contributed by atoms with van der Waals surface area (Å²) in [5, 5.41) is 4.89. The van der Waals surface area contributed by atoms with Crippen molar-refractivity contribution in [3.8, 4) is 0 Å². The number of rotatable bonds is 5. The summed E-state index contributed by atoms with van der Waals surface area (Å²) >= 11 is 12.4. The Hall–Kier alpha value is -1.02. The molecule has 1 N–H and O–H groups in total. The van der Waals surface area contributed by atoms with Crippen molar-refractivity contribution in [2.45, 2.75) is 26.3 Å². The summed E-state index contributed by atoms with van der Waals surface area (Å²) in [6.45, 7) is 5.15. The molecule has 20 heavy (non-hydrogen) atoms. The predicted octanol–water partition coefficient (Wildman–Crippen LogP) is 5.25. The van der Waals surface area contributed by atoms with Gasteiger partial charge in [0, 0.05) is 10.0 Å². The Balaban J connectivity index is 2.50. The zero-order chi connectivity index (χ0) is 14.5. The third-order valence-electron chi connectivity index (χ3n) is 3.43. The van der Waals surface area contributed by atoms with E-state index in [1.54, 1.807) is 6.07 Å². The van der Waals surface area contributed by atoms with E-state index in [4.69, 9.17) is 23.2 Å². The van der Waals surface area contributed by atoms with Gasteiger partial charge in [0.05, 0.1) is 6.04 Å². The topological polar surface area (TPSA) is 12.0 Å². The summed E-state index contributed by atoms with van der Waals surface area (Å²) in [5.41, 5.74) is 3.68. The third-order valence-corrected chi connectivity index (χ3v) is 3.99. The highest BCUT2D eigenvalue weighted by molar-refractivity contribution is 6.35. The summed E-state index contributed by atoms with van der Waals surface area (Å²) in [5.74, 6) is 0. The van der Waals surface area contributed by atoms with Crippen LogP contribution >= 0.6 is 23.2 Å². The van der Waals surface area contributed by atoms with Crippen molar-refractivity contribution in [1.29, 1.82) is 0 Å². The molecule has 0 heterocycles. The van der Waals surface area contributed by atoms with Crippen LogP contribution in [0, 0.1) is 0 Å². The van der Waals surface area contributed by atoms with Crippen LogP contribution in [0.2, 0.25) is 10.0 Å². The van der Waals surface area contributed by atoms with Gasteiger partial charge in [-0.3, -0.25) is 0 Å². The van der Waals surface area contributed by atoms with Gasteiger partial charge in [0.25, 0.3) is 0 Å². The number of hydrogen-bond acceptors (Lipinski definition) is 1. The molecule has 0 spiro atoms. The SMILES string of the molecule is CCNC(c1ccc(Cl)cc1Cl)c1ccccc1CC. The molecule has 0 amide bonds. The van der Waals surface area contributed by atoms with Gasteiger partial charge in [-0.2, -0.15) is 0 Å². The first kappa shape index (κ1) is 15.4. The van der Waals surface area contributed by atoms with Crippen molar-refractivity contribution >= 4 is 23.2 Å². The minimum atomic E-state index is 0.0981. The Morgan fingerprint density at radius 2 is 1.75 bits per heavy atom. The van der Waals surface area contributed by atoms with Crippen molar-refractivity contribution in [3.63, 3.8) is 0 Å². The number of aryl methyl sites for hydroxylation is 1. The fourth-order valence-corrected chi connectivity index (χ4v) is 2.98. The largest absolute Gasteiger partial charge is 0.306 e. The highest BCUT2D eigenvalue weighted by Gasteiger charge is 2.18. The molecule has 2 aromatic rings. The van der Waals surface area contributed by atoms with Crippen LogP contribution in [0.5, 0.6) is 0 Å². The van der Waals surface area contributed by atoms with Gasteiger partial charge >= 0.3 is 0 Å². The van der Waals surface area contributed by atoms with E-state index in [2.05, 4.69) is 43.4 Å². The first-order valence-electron chi connectivity index (χ1n) is 6.93. The second kappa shape index (κ2) is 7.12. The molecule has 1 atom stereocenters. The lowest BCUT2D eigenvalue weighted by Crippen LogP contribution is -2.23. The molecule has 0 radical (unpaired) electrons. The molecule has 0 fully saturated rings. The van der Waals surface area contributed by atoms with Gasteiger partial charge in [0.2, 0.25) is 0 Å². The van der Waals surface area contributed by atoms with Gasteiger partial charge in [-0.1, -0.05) is 67.4 Å². The van der Waals surface area contributed by atoms with Crippen LogP contribution in [-0.4, -0.2) is 6.54 Å². The Morgan fingerprint density at radius 1 is 1.00 bits per heavy atom. The van der Waals surface area contributed by atoms with Gasteiger partial charge in [0.1, 0.15) is 0 Å². The average Bonchev–Trinajstić information content (AvgIpc) is 2.45. The zero-order valence-electron chi connectivity index (χ0n) is 11.8. The summed E-state index contributed by atoms with van der Waals surface area (Å²) in [4.78, 5) is 0. The molecule has 106 valence electrons. The minimum Gasteiger partial charge on any atom is -0.306 e. The molecule has 0 bridgehead atoms. The quantitative estimate of drug-likeness (QED) is 0.795. The predicted molar refractivity (Wildman–Crippen MR) is 87.8 cm³/mol. The third kappa shape index (κ3) is 3.35. The van der Waals surface area contributed by atoms with Crippen molar-refractivity contribution < 1.29 is 0 Å². The van der Waals surface area contributed by atoms with Crippen LogP contribution < -0.4 is 5.32 Å². The van der Waals surface area contributed by atoms with Crippen molar-refractivity contribution in [3.05, 3.63) is 69.2 Å². The molecular formula is C17H19Cl2N. The van der Waals surface area contributed by atoms with E-state index in [-0.39, 0.29) is 6.04 Å². The van der Waals surface area contributed by atoms with Gasteiger partial charge in [-0.05, 0) is 41.8 Å². The first-order valence-corrected chi connectivity index (χ1v) is 7.69. The molecule has 2 rings (SSSR count). The van der Waals surface area contributed by atoms with Gasteiger partial charge in [-0.25, -0.2) is 0 Å². The molecule has 3 heteroatoms. The van der Waals surface area contributed by atoms with Crippen LogP contribution in [0.4, 0.5) is 0 Å². The van der Waals surface area contributed by atoms with Crippen LogP contribution in [0.15, 0.2) is 42.5 Å². The molecule has 0 aliphatic heterocycles. The van der Waals surface area contributed by atoms with Crippen molar-refractivity contribution in [1.82, 2.24) is 5.32 Å². The fraction of sp³-hybridized carbons (Fsp3) is 0.294. The van der Waals surface area contributed by atoms with E-state index in [1.807, 2.05) is 12.1 Å². The van der Waals surface area contributed by atoms with Crippen LogP contribution in [0.25, 0.3) is 0 Å². The molecule has 2 aromatic carbocycles. The lowest BCUT2D eigenvalue weighted by atomic mass is 9.93. The number of benzene rings is 2. The molecule has 0 aliphatic carbocycles. The average molecular weight is 308 g/mol. The zero-order valence-corrected chi connectivity index (χ0v) is 13.3. The highest BCUT2D eigenvalue weighted by atomic mass is 35.5.